The highest BCUT2D eigenvalue weighted by atomic mass is 16.6. The van der Waals surface area contributed by atoms with Crippen molar-refractivity contribution < 1.29 is 57.0 Å². The fourth-order valence-corrected chi connectivity index (χ4v) is 10.1. The van der Waals surface area contributed by atoms with E-state index >= 15 is 0 Å². The van der Waals surface area contributed by atoms with Gasteiger partial charge in [-0.25, -0.2) is 9.59 Å². The number of carbonyl (C=O) groups is 2. The van der Waals surface area contributed by atoms with Crippen LogP contribution in [0, 0.1) is 0 Å². The van der Waals surface area contributed by atoms with Gasteiger partial charge < -0.3 is 47.4 Å². The van der Waals surface area contributed by atoms with Gasteiger partial charge in [-0.15, -0.1) is 13.2 Å². The van der Waals surface area contributed by atoms with E-state index in [-0.39, 0.29) is 50.8 Å². The smallest absolute Gasteiger partial charge is 0.339 e. The number of esters is 2. The lowest BCUT2D eigenvalue weighted by molar-refractivity contribution is -0.269. The second-order valence-corrected chi connectivity index (χ2v) is 19.8. The van der Waals surface area contributed by atoms with Gasteiger partial charge in [0.25, 0.3) is 0 Å². The van der Waals surface area contributed by atoms with E-state index in [1.54, 1.807) is 24.3 Å². The quantitative estimate of drug-likeness (QED) is 0.0342. The summed E-state index contributed by atoms with van der Waals surface area (Å²) in [6, 6.07) is 65.6. The highest BCUT2D eigenvalue weighted by Crippen LogP contribution is 2.35. The predicted octanol–water partition coefficient (Wildman–Crippen LogP) is 12.2. The van der Waals surface area contributed by atoms with Crippen molar-refractivity contribution in [2.75, 3.05) is 13.2 Å². The Balaban J connectivity index is 0.950. The largest absolute Gasteiger partial charge is 0.459 e. The fraction of sp³-hybridized carbons (Fsp3) is 0.294. The minimum Gasteiger partial charge on any atom is -0.459 e. The molecule has 12 nitrogen and oxygen atoms in total. The van der Waals surface area contributed by atoms with Crippen molar-refractivity contribution in [2.24, 2.45) is 0 Å². The number of rotatable bonds is 28. The van der Waals surface area contributed by atoms with Crippen LogP contribution in [-0.2, 0) is 87.0 Å². The molecule has 0 aromatic heterocycles. The monoisotopic (exact) mass is 1080 g/mol. The molecule has 9 rings (SSSR count). The van der Waals surface area contributed by atoms with Crippen molar-refractivity contribution in [1.82, 2.24) is 0 Å². The van der Waals surface area contributed by atoms with Crippen LogP contribution in [0.1, 0.15) is 66.9 Å². The molecule has 414 valence electrons. The molecule has 2 aliphatic rings. The molecule has 2 heterocycles. The predicted molar refractivity (Wildman–Crippen MR) is 304 cm³/mol. The Labute approximate surface area is 469 Å². The first-order valence-electron chi connectivity index (χ1n) is 27.3. The first kappa shape index (κ1) is 57.3. The standard InChI is InChI=1S/C68H70O12/c1-3-25-57-61(71-41-49-27-11-5-12-28-49)65(75-45-53-35-19-9-20-36-53)63(73-43-51-31-15-7-16-32-51)59(79-57)47-77-67(69)55-39-23-24-40-56(55)68(70)78-48-60-64(74-44-52-33-17-8-18-34-52)66(76-46-54-37-21-10-22-38-54)62(58(80-60)26-4-2)72-42-50-29-13-6-14-30-50/h3-24,27-40,57-66H,1-2,25-26,41-48H2/t57-,58-,59-,60-,61-,62-,63-,64-,65-,66-/m1/s1. The number of hydrogen-bond acceptors (Lipinski definition) is 12. The molecular weight excluding hydrogens is 1010 g/mol. The summed E-state index contributed by atoms with van der Waals surface area (Å²) in [6.45, 7) is 9.14. The van der Waals surface area contributed by atoms with Crippen LogP contribution < -0.4 is 0 Å². The molecule has 12 heteroatoms. The first-order valence-corrected chi connectivity index (χ1v) is 27.3. The summed E-state index contributed by atoms with van der Waals surface area (Å²) in [4.78, 5) is 28.9. The summed E-state index contributed by atoms with van der Waals surface area (Å²) in [5, 5.41) is 0. The Morgan fingerprint density at radius 3 is 0.800 bits per heavy atom. The Morgan fingerprint density at radius 1 is 0.325 bits per heavy atom. The van der Waals surface area contributed by atoms with Crippen molar-refractivity contribution in [3.8, 4) is 0 Å². The van der Waals surface area contributed by atoms with E-state index in [9.17, 15) is 9.59 Å². The maximum Gasteiger partial charge on any atom is 0.339 e. The average Bonchev–Trinajstić information content (AvgIpc) is 3.58. The number of hydrogen-bond donors (Lipinski definition) is 0. The Hall–Kier alpha value is -7.36. The lowest BCUT2D eigenvalue weighted by Gasteiger charge is -2.46. The molecule has 2 saturated heterocycles. The number of benzene rings is 7. The summed E-state index contributed by atoms with van der Waals surface area (Å²) in [6.07, 6.45) is -2.55. The van der Waals surface area contributed by atoms with Gasteiger partial charge in [0.2, 0.25) is 0 Å². The van der Waals surface area contributed by atoms with Gasteiger partial charge in [-0.3, -0.25) is 0 Å². The van der Waals surface area contributed by atoms with Gasteiger partial charge >= 0.3 is 11.9 Å². The maximum absolute atomic E-state index is 14.5. The van der Waals surface area contributed by atoms with Crippen molar-refractivity contribution in [2.45, 2.75) is 114 Å². The van der Waals surface area contributed by atoms with Crippen molar-refractivity contribution in [3.63, 3.8) is 0 Å². The molecule has 0 radical (unpaired) electrons. The Bertz CT molecular complexity index is 2750. The Morgan fingerprint density at radius 2 is 0.550 bits per heavy atom. The minimum atomic E-state index is -0.832. The van der Waals surface area contributed by atoms with Gasteiger partial charge in [0, 0.05) is 0 Å². The van der Waals surface area contributed by atoms with E-state index in [0.717, 1.165) is 33.4 Å². The van der Waals surface area contributed by atoms with E-state index < -0.39 is 73.0 Å². The second-order valence-electron chi connectivity index (χ2n) is 19.8. The molecular formula is C68H70O12. The van der Waals surface area contributed by atoms with E-state index in [4.69, 9.17) is 47.4 Å². The summed E-state index contributed by atoms with van der Waals surface area (Å²) in [5.74, 6) is -1.52. The molecule has 0 spiro atoms. The SMILES string of the molecule is C=CC[C@H]1O[C@H](COC(=O)c2ccccc2C(=O)OC[C@H]2O[C@H](CC=C)[C@@H](OCc3ccccc3)[C@@H](OCc3ccccc3)[C@@H]2OCc2ccccc2)[C@@H](OCc2ccccc2)[C@H](OCc2ccccc2)[C@@H]1OCc1ccccc1. The van der Waals surface area contributed by atoms with Crippen molar-refractivity contribution >= 4 is 11.9 Å². The third-order valence-corrected chi connectivity index (χ3v) is 14.1. The molecule has 0 unspecified atom stereocenters. The van der Waals surface area contributed by atoms with E-state index in [0.29, 0.717) is 26.1 Å². The lowest BCUT2D eigenvalue weighted by Crippen LogP contribution is -2.61. The summed E-state index contributed by atoms with van der Waals surface area (Å²) >= 11 is 0. The zero-order chi connectivity index (χ0) is 55.1. The lowest BCUT2D eigenvalue weighted by atomic mass is 9.92. The van der Waals surface area contributed by atoms with Gasteiger partial charge in [0.1, 0.15) is 62.0 Å². The Kier molecular flexibility index (Phi) is 21.7. The normalized spacial score (nSPS) is 22.6. The summed E-state index contributed by atoms with van der Waals surface area (Å²) < 4.78 is 66.7. The van der Waals surface area contributed by atoms with Gasteiger partial charge in [-0.05, 0) is 58.4 Å². The highest BCUT2D eigenvalue weighted by molar-refractivity contribution is 6.03. The number of ether oxygens (including phenoxy) is 10. The van der Waals surface area contributed by atoms with Crippen molar-refractivity contribution in [3.05, 3.63) is 276 Å². The van der Waals surface area contributed by atoms with Gasteiger partial charge in [0.05, 0.1) is 63.0 Å². The third-order valence-electron chi connectivity index (χ3n) is 14.1. The van der Waals surface area contributed by atoms with Crippen LogP contribution in [0.25, 0.3) is 0 Å². The van der Waals surface area contributed by atoms with Crippen LogP contribution in [-0.4, -0.2) is 86.2 Å². The van der Waals surface area contributed by atoms with Crippen LogP contribution in [0.2, 0.25) is 0 Å². The zero-order valence-electron chi connectivity index (χ0n) is 44.9. The molecule has 0 aliphatic carbocycles. The van der Waals surface area contributed by atoms with Gasteiger partial charge in [-0.2, -0.15) is 0 Å². The molecule has 2 aliphatic heterocycles. The molecule has 80 heavy (non-hydrogen) atoms. The van der Waals surface area contributed by atoms with Crippen molar-refractivity contribution in [1.29, 1.82) is 0 Å². The van der Waals surface area contributed by atoms with Gasteiger partial charge in [-0.1, -0.05) is 206 Å². The van der Waals surface area contributed by atoms with Gasteiger partial charge in [0.15, 0.2) is 0 Å². The molecule has 7 aromatic carbocycles. The summed E-state index contributed by atoms with van der Waals surface area (Å²) in [7, 11) is 0. The number of carbonyl (C=O) groups excluding carboxylic acids is 2. The van der Waals surface area contributed by atoms with Crippen LogP contribution in [0.5, 0.6) is 0 Å². The highest BCUT2D eigenvalue weighted by Gasteiger charge is 2.50. The van der Waals surface area contributed by atoms with Crippen LogP contribution in [0.3, 0.4) is 0 Å². The molecule has 0 amide bonds. The molecule has 0 N–H and O–H groups in total. The first-order chi connectivity index (χ1) is 39.4. The van der Waals surface area contributed by atoms with Crippen LogP contribution in [0.4, 0.5) is 0 Å². The molecule has 0 saturated carbocycles. The average molecular weight is 1080 g/mol. The minimum absolute atomic E-state index is 0.00285. The third kappa shape index (κ3) is 16.2. The van der Waals surface area contributed by atoms with E-state index in [1.807, 2.05) is 182 Å². The maximum atomic E-state index is 14.5. The van der Waals surface area contributed by atoms with Crippen LogP contribution in [0.15, 0.2) is 232 Å². The molecule has 2 fully saturated rings. The molecule has 7 aromatic rings. The molecule has 10 atom stereocenters. The topological polar surface area (TPSA) is 126 Å². The fourth-order valence-electron chi connectivity index (χ4n) is 10.1. The zero-order valence-corrected chi connectivity index (χ0v) is 44.9. The van der Waals surface area contributed by atoms with E-state index in [2.05, 4.69) is 13.2 Å². The molecule has 0 bridgehead atoms. The second kappa shape index (κ2) is 30.3. The van der Waals surface area contributed by atoms with Crippen LogP contribution >= 0.6 is 0 Å². The summed E-state index contributed by atoms with van der Waals surface area (Å²) in [5.41, 5.74) is 5.76. The van der Waals surface area contributed by atoms with E-state index in [1.165, 1.54) is 12.1 Å².